The molecule has 0 saturated heterocycles. The summed E-state index contributed by atoms with van der Waals surface area (Å²) in [6.07, 6.45) is -2.28. The Balaban J connectivity index is 3.34. The Kier molecular flexibility index (Phi) is 3.14. The maximum Gasteiger partial charge on any atom is 0.431 e. The summed E-state index contributed by atoms with van der Waals surface area (Å²) in [6, 6.07) is 0. The van der Waals surface area contributed by atoms with Gasteiger partial charge in [0.2, 0.25) is 0 Å². The first-order valence-electron chi connectivity index (χ1n) is 4.22. The second-order valence-electron chi connectivity index (χ2n) is 3.08. The number of aryl methyl sites for hydroxylation is 2. The van der Waals surface area contributed by atoms with Crippen LogP contribution in [0.4, 0.5) is 13.2 Å². The van der Waals surface area contributed by atoms with Gasteiger partial charge in [-0.3, -0.25) is 0 Å². The fraction of sp³-hybridized carbons (Fsp3) is 0.556. The summed E-state index contributed by atoms with van der Waals surface area (Å²) in [5, 5.41) is 0. The van der Waals surface area contributed by atoms with Gasteiger partial charge in [-0.05, 0) is 12.0 Å². The highest BCUT2D eigenvalue weighted by atomic mass is 35.5. The predicted octanol–water partition coefficient (Wildman–Crippen LogP) is 3.35. The number of aromatic nitrogens is 1. The second-order valence-corrected chi connectivity index (χ2v) is 3.34. The van der Waals surface area contributed by atoms with E-state index in [1.54, 1.807) is 0 Å². The molecule has 0 N–H and O–H groups in total. The van der Waals surface area contributed by atoms with E-state index in [0.717, 1.165) is 4.57 Å². The Hall–Kier alpha value is -0.640. The molecule has 0 aromatic carbocycles. The van der Waals surface area contributed by atoms with Crippen molar-refractivity contribution in [2.75, 3.05) is 0 Å². The number of hydrogen-bond acceptors (Lipinski definition) is 0. The molecule has 0 aliphatic carbocycles. The van der Waals surface area contributed by atoms with Crippen LogP contribution in [0.25, 0.3) is 0 Å². The van der Waals surface area contributed by atoms with Gasteiger partial charge in [0.1, 0.15) is 5.69 Å². The van der Waals surface area contributed by atoms with Gasteiger partial charge in [-0.15, -0.1) is 11.6 Å². The van der Waals surface area contributed by atoms with Crippen LogP contribution >= 0.6 is 11.6 Å². The fourth-order valence-electron chi connectivity index (χ4n) is 1.57. The first kappa shape index (κ1) is 11.4. The molecule has 0 aliphatic rings. The molecule has 0 aliphatic heterocycles. The minimum Gasteiger partial charge on any atom is -0.346 e. The lowest BCUT2D eigenvalue weighted by Gasteiger charge is -2.10. The van der Waals surface area contributed by atoms with E-state index in [-0.39, 0.29) is 11.4 Å². The Morgan fingerprint density at radius 1 is 1.43 bits per heavy atom. The highest BCUT2D eigenvalue weighted by molar-refractivity contribution is 6.17. The van der Waals surface area contributed by atoms with Crippen LogP contribution in [-0.4, -0.2) is 4.57 Å². The van der Waals surface area contributed by atoms with E-state index in [0.29, 0.717) is 12.0 Å². The quantitative estimate of drug-likeness (QED) is 0.681. The first-order valence-corrected chi connectivity index (χ1v) is 4.75. The van der Waals surface area contributed by atoms with Crippen molar-refractivity contribution in [1.82, 2.24) is 4.57 Å². The molecule has 0 amide bonds. The van der Waals surface area contributed by atoms with Crippen molar-refractivity contribution >= 4 is 11.6 Å². The van der Waals surface area contributed by atoms with Crippen molar-refractivity contribution < 1.29 is 13.2 Å². The average Bonchev–Trinajstić information content (AvgIpc) is 2.40. The van der Waals surface area contributed by atoms with Gasteiger partial charge >= 0.3 is 6.18 Å². The molecule has 5 heteroatoms. The Morgan fingerprint density at radius 3 is 2.36 bits per heavy atom. The number of hydrogen-bond donors (Lipinski definition) is 0. The maximum absolute atomic E-state index is 12.6. The Morgan fingerprint density at radius 2 is 2.00 bits per heavy atom. The zero-order valence-corrected chi connectivity index (χ0v) is 8.71. The van der Waals surface area contributed by atoms with Crippen molar-refractivity contribution in [2.45, 2.75) is 25.4 Å². The molecule has 1 nitrogen and oxygen atoms in total. The summed E-state index contributed by atoms with van der Waals surface area (Å²) >= 11 is 5.52. The largest absolute Gasteiger partial charge is 0.431 e. The zero-order chi connectivity index (χ0) is 10.9. The number of alkyl halides is 4. The summed E-state index contributed by atoms with van der Waals surface area (Å²) in [5.41, 5.74) is 0.225. The van der Waals surface area contributed by atoms with Crippen molar-refractivity contribution in [1.29, 1.82) is 0 Å². The number of halogens is 4. The molecule has 0 bridgehead atoms. The van der Waals surface area contributed by atoms with Crippen LogP contribution in [0.15, 0.2) is 6.20 Å². The van der Waals surface area contributed by atoms with Gasteiger partial charge in [-0.2, -0.15) is 13.2 Å². The topological polar surface area (TPSA) is 4.93 Å². The van der Waals surface area contributed by atoms with Crippen LogP contribution in [0.3, 0.4) is 0 Å². The Bertz CT molecular complexity index is 328. The molecule has 14 heavy (non-hydrogen) atoms. The molecule has 0 atom stereocenters. The lowest BCUT2D eigenvalue weighted by Crippen LogP contribution is -2.12. The summed E-state index contributed by atoms with van der Waals surface area (Å²) in [6.45, 7) is 1.81. The fourth-order valence-corrected chi connectivity index (χ4v) is 1.86. The van der Waals surface area contributed by atoms with Gasteiger partial charge in [0.15, 0.2) is 0 Å². The van der Waals surface area contributed by atoms with Gasteiger partial charge in [0, 0.05) is 24.7 Å². The van der Waals surface area contributed by atoms with E-state index in [1.165, 1.54) is 13.2 Å². The molecule has 0 saturated carbocycles. The van der Waals surface area contributed by atoms with Gasteiger partial charge in [0.05, 0.1) is 0 Å². The summed E-state index contributed by atoms with van der Waals surface area (Å²) < 4.78 is 38.8. The molecule has 0 spiro atoms. The predicted molar refractivity (Wildman–Crippen MR) is 49.4 cm³/mol. The van der Waals surface area contributed by atoms with Crippen LogP contribution in [0.5, 0.6) is 0 Å². The van der Waals surface area contributed by atoms with E-state index in [1.807, 2.05) is 6.92 Å². The molecular formula is C9H11ClF3N. The van der Waals surface area contributed by atoms with Gasteiger partial charge in [-0.1, -0.05) is 6.92 Å². The molecule has 1 heterocycles. The zero-order valence-electron chi connectivity index (χ0n) is 7.95. The molecule has 1 rings (SSSR count). The monoisotopic (exact) mass is 225 g/mol. The van der Waals surface area contributed by atoms with E-state index in [2.05, 4.69) is 0 Å². The molecule has 0 fully saturated rings. The third-order valence-corrected chi connectivity index (χ3v) is 2.43. The van der Waals surface area contributed by atoms with Crippen molar-refractivity contribution in [3.8, 4) is 0 Å². The third-order valence-electron chi connectivity index (χ3n) is 2.16. The van der Waals surface area contributed by atoms with Gasteiger partial charge < -0.3 is 4.57 Å². The summed E-state index contributed by atoms with van der Waals surface area (Å²) in [4.78, 5) is 0. The third kappa shape index (κ3) is 1.90. The smallest absolute Gasteiger partial charge is 0.346 e. The van der Waals surface area contributed by atoms with Crippen molar-refractivity contribution in [3.05, 3.63) is 23.0 Å². The summed E-state index contributed by atoms with van der Waals surface area (Å²) in [5.74, 6) is -0.0984. The molecule has 1 aromatic heterocycles. The second kappa shape index (κ2) is 3.85. The SMILES string of the molecule is CCc1cn(C)c(C(F)(F)F)c1CCl. The molecule has 80 valence electrons. The molecule has 1 aromatic rings. The van der Waals surface area contributed by atoms with E-state index in [9.17, 15) is 13.2 Å². The molecule has 0 radical (unpaired) electrons. The van der Waals surface area contributed by atoms with Crippen LogP contribution in [0.1, 0.15) is 23.7 Å². The minimum absolute atomic E-state index is 0.0984. The number of rotatable bonds is 2. The lowest BCUT2D eigenvalue weighted by molar-refractivity contribution is -0.143. The number of nitrogens with zero attached hydrogens (tertiary/aromatic N) is 1. The Labute approximate surface area is 85.5 Å². The van der Waals surface area contributed by atoms with Gasteiger partial charge in [0.25, 0.3) is 0 Å². The maximum atomic E-state index is 12.6. The molecular weight excluding hydrogens is 215 g/mol. The first-order chi connectivity index (χ1) is 6.41. The average molecular weight is 226 g/mol. The van der Waals surface area contributed by atoms with Gasteiger partial charge in [-0.25, -0.2) is 0 Å². The van der Waals surface area contributed by atoms with Crippen molar-refractivity contribution in [3.63, 3.8) is 0 Å². The standard InChI is InChI=1S/C9H11ClF3N/c1-3-6-5-14(2)8(7(6)4-10)9(11,12)13/h5H,3-4H2,1-2H3. The molecule has 0 unspecified atom stereocenters. The van der Waals surface area contributed by atoms with E-state index >= 15 is 0 Å². The van der Waals surface area contributed by atoms with Crippen molar-refractivity contribution in [2.24, 2.45) is 7.05 Å². The van der Waals surface area contributed by atoms with Crippen LogP contribution in [-0.2, 0) is 25.5 Å². The van der Waals surface area contributed by atoms with Crippen LogP contribution in [0, 0.1) is 0 Å². The van der Waals surface area contributed by atoms with E-state index < -0.39 is 11.9 Å². The normalized spacial score (nSPS) is 12.1. The van der Waals surface area contributed by atoms with Crippen LogP contribution in [0.2, 0.25) is 0 Å². The lowest BCUT2D eigenvalue weighted by atomic mass is 10.1. The highest BCUT2D eigenvalue weighted by Gasteiger charge is 2.37. The highest BCUT2D eigenvalue weighted by Crippen LogP contribution is 2.35. The van der Waals surface area contributed by atoms with E-state index in [4.69, 9.17) is 11.6 Å². The van der Waals surface area contributed by atoms with Crippen LogP contribution < -0.4 is 0 Å². The summed E-state index contributed by atoms with van der Waals surface area (Å²) in [7, 11) is 1.39. The minimum atomic E-state index is -4.33.